The standard InChI is InChI=1S/C51H33N3OS/c1-3-11-37(12-4-1)53(39-23-21-34(22-24-39)51-52-47-16-8-9-17-48(47)55-51)40-25-28-43-35(31-40)19-20-36-32-41(26-29-44(36)43)54(38-13-5-2-6-14-38)42-27-30-50-46(33-42)45-15-7-10-18-49(45)56-50/h1-33H. The minimum absolute atomic E-state index is 0.619. The lowest BCUT2D eigenvalue weighted by Gasteiger charge is -2.26. The molecular formula is C51H33N3OS. The third kappa shape index (κ3) is 5.56. The molecule has 9 aromatic carbocycles. The number of rotatable bonds is 7. The molecule has 0 aliphatic heterocycles. The van der Waals surface area contributed by atoms with Gasteiger partial charge in [-0.15, -0.1) is 11.3 Å². The summed E-state index contributed by atoms with van der Waals surface area (Å²) in [6.45, 7) is 0. The van der Waals surface area contributed by atoms with Crippen molar-refractivity contribution in [3.05, 3.63) is 200 Å². The predicted octanol–water partition coefficient (Wildman–Crippen LogP) is 15.1. The van der Waals surface area contributed by atoms with Crippen LogP contribution in [0.3, 0.4) is 0 Å². The fraction of sp³-hybridized carbons (Fsp3) is 0. The van der Waals surface area contributed by atoms with E-state index in [0.29, 0.717) is 5.89 Å². The molecule has 56 heavy (non-hydrogen) atoms. The zero-order valence-electron chi connectivity index (χ0n) is 30.2. The molecule has 5 heteroatoms. The van der Waals surface area contributed by atoms with Crippen LogP contribution < -0.4 is 9.80 Å². The van der Waals surface area contributed by atoms with Gasteiger partial charge in [-0.1, -0.05) is 91.0 Å². The molecule has 264 valence electrons. The number of oxazole rings is 1. The molecule has 0 saturated carbocycles. The summed E-state index contributed by atoms with van der Waals surface area (Å²) in [5.41, 5.74) is 9.19. The van der Waals surface area contributed by atoms with E-state index in [4.69, 9.17) is 9.40 Å². The van der Waals surface area contributed by atoms with Gasteiger partial charge in [-0.2, -0.15) is 0 Å². The van der Waals surface area contributed by atoms with Gasteiger partial charge in [-0.3, -0.25) is 0 Å². The molecule has 0 saturated heterocycles. The van der Waals surface area contributed by atoms with Gasteiger partial charge >= 0.3 is 0 Å². The monoisotopic (exact) mass is 735 g/mol. The van der Waals surface area contributed by atoms with Gasteiger partial charge in [0.25, 0.3) is 0 Å². The van der Waals surface area contributed by atoms with E-state index in [1.807, 2.05) is 35.6 Å². The molecule has 11 rings (SSSR count). The first-order valence-corrected chi connectivity index (χ1v) is 19.6. The summed E-state index contributed by atoms with van der Waals surface area (Å²) < 4.78 is 8.69. The lowest BCUT2D eigenvalue weighted by molar-refractivity contribution is 0.620. The number of fused-ring (bicyclic) bond motifs is 7. The van der Waals surface area contributed by atoms with Crippen LogP contribution in [0, 0.1) is 0 Å². The Morgan fingerprint density at radius 1 is 0.375 bits per heavy atom. The Hall–Kier alpha value is -7.21. The first-order valence-electron chi connectivity index (χ1n) is 18.8. The van der Waals surface area contributed by atoms with Crippen LogP contribution in [0.5, 0.6) is 0 Å². The summed E-state index contributed by atoms with van der Waals surface area (Å²) in [6, 6.07) is 71.2. The van der Waals surface area contributed by atoms with Crippen molar-refractivity contribution in [2.75, 3.05) is 9.80 Å². The van der Waals surface area contributed by atoms with Crippen LogP contribution in [0.2, 0.25) is 0 Å². The minimum atomic E-state index is 0.619. The van der Waals surface area contributed by atoms with Crippen molar-refractivity contribution >= 4 is 98.3 Å². The molecular weight excluding hydrogens is 703 g/mol. The lowest BCUT2D eigenvalue weighted by Crippen LogP contribution is -2.10. The molecule has 0 aliphatic carbocycles. The largest absolute Gasteiger partial charge is 0.436 e. The molecule has 0 unspecified atom stereocenters. The number of benzene rings is 9. The maximum Gasteiger partial charge on any atom is 0.227 e. The Morgan fingerprint density at radius 2 is 0.893 bits per heavy atom. The topological polar surface area (TPSA) is 32.5 Å². The van der Waals surface area contributed by atoms with Crippen molar-refractivity contribution in [3.63, 3.8) is 0 Å². The summed E-state index contributed by atoms with van der Waals surface area (Å²) in [7, 11) is 0. The fourth-order valence-corrected chi connectivity index (χ4v) is 9.06. The maximum atomic E-state index is 6.07. The van der Waals surface area contributed by atoms with E-state index in [1.165, 1.54) is 41.7 Å². The zero-order valence-corrected chi connectivity index (χ0v) is 31.0. The van der Waals surface area contributed by atoms with E-state index in [0.717, 1.165) is 50.8 Å². The molecule has 0 amide bonds. The van der Waals surface area contributed by atoms with E-state index < -0.39 is 0 Å². The highest BCUT2D eigenvalue weighted by atomic mass is 32.1. The Labute approximate surface area is 327 Å². The van der Waals surface area contributed by atoms with Gasteiger partial charge < -0.3 is 14.2 Å². The van der Waals surface area contributed by atoms with Gasteiger partial charge in [0.2, 0.25) is 5.89 Å². The molecule has 0 N–H and O–H groups in total. The highest BCUT2D eigenvalue weighted by Gasteiger charge is 2.18. The van der Waals surface area contributed by atoms with Crippen LogP contribution >= 0.6 is 11.3 Å². The van der Waals surface area contributed by atoms with Gasteiger partial charge in [0.05, 0.1) is 0 Å². The van der Waals surface area contributed by atoms with Crippen LogP contribution in [-0.4, -0.2) is 4.98 Å². The predicted molar refractivity (Wildman–Crippen MR) is 237 cm³/mol. The van der Waals surface area contributed by atoms with Crippen molar-refractivity contribution in [3.8, 4) is 11.5 Å². The second-order valence-corrected chi connectivity index (χ2v) is 15.1. The molecule has 0 bridgehead atoms. The molecule has 2 heterocycles. The summed E-state index contributed by atoms with van der Waals surface area (Å²) in [6.07, 6.45) is 0. The Morgan fingerprint density at radius 3 is 1.57 bits per heavy atom. The lowest BCUT2D eigenvalue weighted by atomic mass is 10.00. The summed E-state index contributed by atoms with van der Waals surface area (Å²) in [4.78, 5) is 9.38. The SMILES string of the molecule is c1ccc(N(c2ccc(-c3nc4ccccc4o3)cc2)c2ccc3c(ccc4cc(N(c5ccccc5)c5ccc6sc7ccccc7c6c5)ccc43)c2)cc1. The number of para-hydroxylation sites is 4. The van der Waals surface area contributed by atoms with E-state index in [2.05, 4.69) is 186 Å². The molecule has 0 atom stereocenters. The van der Waals surface area contributed by atoms with E-state index in [1.54, 1.807) is 0 Å². The first kappa shape index (κ1) is 32.2. The van der Waals surface area contributed by atoms with Crippen molar-refractivity contribution in [1.82, 2.24) is 4.98 Å². The first-order chi connectivity index (χ1) is 27.7. The molecule has 0 spiro atoms. The number of hydrogen-bond donors (Lipinski definition) is 0. The van der Waals surface area contributed by atoms with Crippen LogP contribution in [0.25, 0.3) is 64.3 Å². The smallest absolute Gasteiger partial charge is 0.227 e. The van der Waals surface area contributed by atoms with Crippen LogP contribution in [0.1, 0.15) is 0 Å². The molecule has 0 radical (unpaired) electrons. The van der Waals surface area contributed by atoms with Crippen LogP contribution in [0.15, 0.2) is 205 Å². The average Bonchev–Trinajstić information content (AvgIpc) is 3.87. The summed E-state index contributed by atoms with van der Waals surface area (Å²) >= 11 is 1.85. The van der Waals surface area contributed by atoms with E-state index in [9.17, 15) is 0 Å². The van der Waals surface area contributed by atoms with E-state index >= 15 is 0 Å². The second-order valence-electron chi connectivity index (χ2n) is 14.0. The highest BCUT2D eigenvalue weighted by Crippen LogP contribution is 2.43. The summed E-state index contributed by atoms with van der Waals surface area (Å²) in [5.74, 6) is 0.619. The third-order valence-electron chi connectivity index (χ3n) is 10.6. The van der Waals surface area contributed by atoms with Gasteiger partial charge in [0.15, 0.2) is 5.58 Å². The second kappa shape index (κ2) is 13.3. The average molecular weight is 736 g/mol. The van der Waals surface area contributed by atoms with Gasteiger partial charge in [0, 0.05) is 59.9 Å². The molecule has 0 aliphatic rings. The summed E-state index contributed by atoms with van der Waals surface area (Å²) in [5, 5.41) is 7.40. The number of nitrogens with zero attached hydrogens (tertiary/aromatic N) is 3. The molecule has 11 aromatic rings. The fourth-order valence-electron chi connectivity index (χ4n) is 7.97. The molecule has 4 nitrogen and oxygen atoms in total. The Kier molecular flexibility index (Phi) is 7.64. The van der Waals surface area contributed by atoms with E-state index in [-0.39, 0.29) is 0 Å². The van der Waals surface area contributed by atoms with Crippen LogP contribution in [-0.2, 0) is 0 Å². The normalized spacial score (nSPS) is 11.6. The van der Waals surface area contributed by atoms with Crippen molar-refractivity contribution in [2.24, 2.45) is 0 Å². The number of hydrogen-bond acceptors (Lipinski definition) is 5. The third-order valence-corrected chi connectivity index (χ3v) is 11.8. The zero-order chi connectivity index (χ0) is 37.0. The molecule has 2 aromatic heterocycles. The Bertz CT molecular complexity index is 3170. The van der Waals surface area contributed by atoms with Gasteiger partial charge in [-0.05, 0) is 131 Å². The van der Waals surface area contributed by atoms with Crippen molar-refractivity contribution in [1.29, 1.82) is 0 Å². The highest BCUT2D eigenvalue weighted by molar-refractivity contribution is 7.25. The van der Waals surface area contributed by atoms with Crippen molar-refractivity contribution < 1.29 is 4.42 Å². The van der Waals surface area contributed by atoms with Crippen molar-refractivity contribution in [2.45, 2.75) is 0 Å². The minimum Gasteiger partial charge on any atom is -0.436 e. The Balaban J connectivity index is 0.978. The van der Waals surface area contributed by atoms with Crippen LogP contribution in [0.4, 0.5) is 34.1 Å². The number of anilines is 6. The van der Waals surface area contributed by atoms with Gasteiger partial charge in [0.1, 0.15) is 5.52 Å². The number of thiophene rings is 1. The molecule has 0 fully saturated rings. The number of aromatic nitrogens is 1. The van der Waals surface area contributed by atoms with Gasteiger partial charge in [-0.25, -0.2) is 4.98 Å². The quantitative estimate of drug-likeness (QED) is 0.153. The maximum absolute atomic E-state index is 6.07.